The molecule has 76 valence electrons. The average Bonchev–Trinajstić information content (AvgIpc) is 2.54. The molecule has 3 rings (SSSR count). The summed E-state index contributed by atoms with van der Waals surface area (Å²) in [4.78, 5) is 4.40. The molecular weight excluding hydrogens is 184 g/mol. The van der Waals surface area contributed by atoms with Crippen LogP contribution in [-0.2, 0) is 12.8 Å². The molecule has 0 radical (unpaired) electrons. The lowest BCUT2D eigenvalue weighted by Crippen LogP contribution is -2.16. The summed E-state index contributed by atoms with van der Waals surface area (Å²) >= 11 is 0. The molecule has 1 aromatic carbocycles. The fourth-order valence-electron chi connectivity index (χ4n) is 2.35. The summed E-state index contributed by atoms with van der Waals surface area (Å²) in [6.07, 6.45) is 4.13. The van der Waals surface area contributed by atoms with Crippen molar-refractivity contribution in [1.29, 1.82) is 0 Å². The predicted octanol–water partition coefficient (Wildman–Crippen LogP) is 1.92. The molecule has 0 saturated heterocycles. The van der Waals surface area contributed by atoms with Gasteiger partial charge < -0.3 is 5.32 Å². The number of hydrogen-bond acceptors (Lipinski definition) is 2. The van der Waals surface area contributed by atoms with E-state index >= 15 is 0 Å². The molecule has 0 saturated carbocycles. The molecule has 0 atom stereocenters. The number of nitrogens with one attached hydrogen (secondary N) is 1. The molecule has 1 aromatic heterocycles. The molecule has 0 fully saturated rings. The summed E-state index contributed by atoms with van der Waals surface area (Å²) in [5, 5.41) is 4.77. The van der Waals surface area contributed by atoms with Gasteiger partial charge in [-0.2, -0.15) is 0 Å². The van der Waals surface area contributed by atoms with E-state index in [1.807, 2.05) is 12.3 Å². The first kappa shape index (κ1) is 8.86. The van der Waals surface area contributed by atoms with Crippen molar-refractivity contribution in [3.05, 3.63) is 41.6 Å². The minimum absolute atomic E-state index is 1.08. The zero-order chi connectivity index (χ0) is 10.1. The van der Waals surface area contributed by atoms with Gasteiger partial charge in [-0.1, -0.05) is 12.1 Å². The first-order valence-corrected chi connectivity index (χ1v) is 5.51. The van der Waals surface area contributed by atoms with Crippen LogP contribution in [0.25, 0.3) is 10.9 Å². The number of benzene rings is 1. The maximum absolute atomic E-state index is 4.40. The molecular formula is C13H14N2. The van der Waals surface area contributed by atoms with Crippen LogP contribution in [-0.4, -0.2) is 18.1 Å². The van der Waals surface area contributed by atoms with Crippen molar-refractivity contribution in [2.24, 2.45) is 0 Å². The fourth-order valence-corrected chi connectivity index (χ4v) is 2.35. The second-order valence-electron chi connectivity index (χ2n) is 4.02. The average molecular weight is 198 g/mol. The van der Waals surface area contributed by atoms with Crippen molar-refractivity contribution in [1.82, 2.24) is 10.3 Å². The van der Waals surface area contributed by atoms with Gasteiger partial charge in [0, 0.05) is 11.6 Å². The van der Waals surface area contributed by atoms with Crippen LogP contribution in [0.5, 0.6) is 0 Å². The highest BCUT2D eigenvalue weighted by Crippen LogP contribution is 2.22. The van der Waals surface area contributed by atoms with Crippen molar-refractivity contribution in [2.75, 3.05) is 13.1 Å². The lowest BCUT2D eigenvalue weighted by Gasteiger charge is -2.08. The summed E-state index contributed by atoms with van der Waals surface area (Å²) in [7, 11) is 0. The summed E-state index contributed by atoms with van der Waals surface area (Å²) in [5.41, 5.74) is 4.10. The van der Waals surface area contributed by atoms with Crippen molar-refractivity contribution < 1.29 is 0 Å². The molecule has 2 nitrogen and oxygen atoms in total. The summed E-state index contributed by atoms with van der Waals surface area (Å²) < 4.78 is 0. The van der Waals surface area contributed by atoms with Crippen molar-refractivity contribution in [3.8, 4) is 0 Å². The molecule has 1 N–H and O–H groups in total. The molecule has 0 amide bonds. The lowest BCUT2D eigenvalue weighted by molar-refractivity contribution is 0.711. The maximum Gasteiger partial charge on any atom is 0.0704 e. The molecule has 0 bridgehead atoms. The number of nitrogens with zero attached hydrogens (tertiary/aromatic N) is 1. The zero-order valence-electron chi connectivity index (χ0n) is 8.66. The highest BCUT2D eigenvalue weighted by molar-refractivity contribution is 5.83. The van der Waals surface area contributed by atoms with Crippen molar-refractivity contribution in [3.63, 3.8) is 0 Å². The van der Waals surface area contributed by atoms with Gasteiger partial charge in [0.2, 0.25) is 0 Å². The Morgan fingerprint density at radius 3 is 3.00 bits per heavy atom. The minimum Gasteiger partial charge on any atom is -0.316 e. The normalized spacial score (nSPS) is 16.0. The topological polar surface area (TPSA) is 24.9 Å². The minimum atomic E-state index is 1.08. The maximum atomic E-state index is 4.40. The Morgan fingerprint density at radius 2 is 2.00 bits per heavy atom. The smallest absolute Gasteiger partial charge is 0.0704 e. The standard InChI is InChI=1S/C13H14N2/c1-2-12-11-6-9-14-8-5-10(11)3-4-13(12)15-7-1/h1-4,7,14H,5-6,8-9H2. The van der Waals surface area contributed by atoms with Gasteiger partial charge in [-0.15, -0.1) is 0 Å². The first-order valence-electron chi connectivity index (χ1n) is 5.51. The summed E-state index contributed by atoms with van der Waals surface area (Å²) in [6.45, 7) is 2.18. The number of rotatable bonds is 0. The fraction of sp³-hybridized carbons (Fsp3) is 0.308. The van der Waals surface area contributed by atoms with E-state index in [1.165, 1.54) is 16.5 Å². The van der Waals surface area contributed by atoms with Crippen LogP contribution >= 0.6 is 0 Å². The Kier molecular flexibility index (Phi) is 2.14. The molecule has 0 aliphatic carbocycles. The van der Waals surface area contributed by atoms with E-state index in [0.29, 0.717) is 0 Å². The van der Waals surface area contributed by atoms with Gasteiger partial charge in [-0.25, -0.2) is 0 Å². The van der Waals surface area contributed by atoms with Gasteiger partial charge in [0.15, 0.2) is 0 Å². The Labute approximate surface area is 89.3 Å². The first-order chi connectivity index (χ1) is 7.45. The van der Waals surface area contributed by atoms with Gasteiger partial charge >= 0.3 is 0 Å². The van der Waals surface area contributed by atoms with Crippen molar-refractivity contribution in [2.45, 2.75) is 12.8 Å². The van der Waals surface area contributed by atoms with Gasteiger partial charge in [0.25, 0.3) is 0 Å². The molecule has 1 aliphatic rings. The predicted molar refractivity (Wildman–Crippen MR) is 62.0 cm³/mol. The zero-order valence-corrected chi connectivity index (χ0v) is 8.66. The van der Waals surface area contributed by atoms with Crippen LogP contribution in [0.2, 0.25) is 0 Å². The van der Waals surface area contributed by atoms with E-state index in [0.717, 1.165) is 31.4 Å². The third kappa shape index (κ3) is 1.51. The monoisotopic (exact) mass is 198 g/mol. The van der Waals surface area contributed by atoms with Gasteiger partial charge in [-0.3, -0.25) is 4.98 Å². The van der Waals surface area contributed by atoms with E-state index < -0.39 is 0 Å². The largest absolute Gasteiger partial charge is 0.316 e. The third-order valence-electron chi connectivity index (χ3n) is 3.12. The van der Waals surface area contributed by atoms with E-state index in [-0.39, 0.29) is 0 Å². The van der Waals surface area contributed by atoms with E-state index in [9.17, 15) is 0 Å². The van der Waals surface area contributed by atoms with Crippen LogP contribution in [0.4, 0.5) is 0 Å². The van der Waals surface area contributed by atoms with Gasteiger partial charge in [-0.05, 0) is 49.2 Å². The lowest BCUT2D eigenvalue weighted by atomic mass is 9.98. The van der Waals surface area contributed by atoms with Crippen molar-refractivity contribution >= 4 is 10.9 Å². The number of hydrogen-bond donors (Lipinski definition) is 1. The quantitative estimate of drug-likeness (QED) is 0.699. The molecule has 15 heavy (non-hydrogen) atoms. The Bertz CT molecular complexity index is 491. The molecule has 2 heterocycles. The van der Waals surface area contributed by atoms with E-state index in [4.69, 9.17) is 0 Å². The Morgan fingerprint density at radius 1 is 1.07 bits per heavy atom. The van der Waals surface area contributed by atoms with Crippen LogP contribution in [0.15, 0.2) is 30.5 Å². The number of fused-ring (bicyclic) bond motifs is 3. The number of aromatic nitrogens is 1. The molecule has 1 aliphatic heterocycles. The Balaban J connectivity index is 2.27. The molecule has 0 unspecified atom stereocenters. The van der Waals surface area contributed by atoms with E-state index in [2.05, 4.69) is 28.5 Å². The highest BCUT2D eigenvalue weighted by Gasteiger charge is 2.10. The van der Waals surface area contributed by atoms with Gasteiger partial charge in [0.05, 0.1) is 5.52 Å². The molecule has 0 spiro atoms. The SMILES string of the molecule is c1cnc2ccc3c(c2c1)CCNCC3. The van der Waals surface area contributed by atoms with Crippen LogP contribution in [0, 0.1) is 0 Å². The van der Waals surface area contributed by atoms with Crippen LogP contribution in [0.1, 0.15) is 11.1 Å². The van der Waals surface area contributed by atoms with Crippen LogP contribution < -0.4 is 5.32 Å². The summed E-state index contributed by atoms with van der Waals surface area (Å²) in [5.74, 6) is 0. The number of pyridine rings is 1. The third-order valence-corrected chi connectivity index (χ3v) is 3.12. The van der Waals surface area contributed by atoms with E-state index in [1.54, 1.807) is 0 Å². The summed E-state index contributed by atoms with van der Waals surface area (Å²) in [6, 6.07) is 8.59. The van der Waals surface area contributed by atoms with Crippen LogP contribution in [0.3, 0.4) is 0 Å². The molecule has 2 heteroatoms. The Hall–Kier alpha value is -1.41. The van der Waals surface area contributed by atoms with Gasteiger partial charge in [0.1, 0.15) is 0 Å². The second-order valence-corrected chi connectivity index (χ2v) is 4.02. The second kappa shape index (κ2) is 3.63. The highest BCUT2D eigenvalue weighted by atomic mass is 14.8. The molecule has 2 aromatic rings.